The van der Waals surface area contributed by atoms with E-state index in [1.54, 1.807) is 0 Å². The SMILES string of the molecule is [CH2]CC(F)C(C)C. The molecular weight excluding hydrogens is 91.1 g/mol. The lowest BCUT2D eigenvalue weighted by Gasteiger charge is -2.06. The van der Waals surface area contributed by atoms with Gasteiger partial charge >= 0.3 is 0 Å². The molecule has 0 aromatic heterocycles. The van der Waals surface area contributed by atoms with E-state index < -0.39 is 6.17 Å². The summed E-state index contributed by atoms with van der Waals surface area (Å²) < 4.78 is 12.2. The normalized spacial score (nSPS) is 15.0. The smallest absolute Gasteiger partial charge is 0.102 e. The third-order valence-electron chi connectivity index (χ3n) is 0.999. The summed E-state index contributed by atoms with van der Waals surface area (Å²) in [7, 11) is 0. The van der Waals surface area contributed by atoms with E-state index in [4.69, 9.17) is 0 Å². The second-order valence-corrected chi connectivity index (χ2v) is 2.05. The van der Waals surface area contributed by atoms with Crippen LogP contribution in [0.1, 0.15) is 20.3 Å². The maximum Gasteiger partial charge on any atom is 0.102 e. The highest BCUT2D eigenvalue weighted by atomic mass is 19.1. The van der Waals surface area contributed by atoms with Crippen LogP contribution >= 0.6 is 0 Å². The molecule has 0 nitrogen and oxygen atoms in total. The van der Waals surface area contributed by atoms with Crippen LogP contribution in [-0.2, 0) is 0 Å². The van der Waals surface area contributed by atoms with Gasteiger partial charge in [0.15, 0.2) is 0 Å². The van der Waals surface area contributed by atoms with E-state index in [9.17, 15) is 4.39 Å². The van der Waals surface area contributed by atoms with Crippen molar-refractivity contribution in [2.45, 2.75) is 26.4 Å². The topological polar surface area (TPSA) is 0 Å². The minimum absolute atomic E-state index is 0.137. The van der Waals surface area contributed by atoms with Crippen LogP contribution in [0.2, 0.25) is 0 Å². The van der Waals surface area contributed by atoms with Gasteiger partial charge in [0.05, 0.1) is 0 Å². The second kappa shape index (κ2) is 3.00. The molecule has 0 saturated carbocycles. The second-order valence-electron chi connectivity index (χ2n) is 2.05. The number of hydrogen-bond acceptors (Lipinski definition) is 0. The van der Waals surface area contributed by atoms with Crippen LogP contribution in [0.15, 0.2) is 0 Å². The highest BCUT2D eigenvalue weighted by molar-refractivity contribution is 4.60. The van der Waals surface area contributed by atoms with Gasteiger partial charge in [-0.25, -0.2) is 4.39 Å². The summed E-state index contributed by atoms with van der Waals surface area (Å²) in [6.07, 6.45) is -0.308. The van der Waals surface area contributed by atoms with Crippen LogP contribution in [0, 0.1) is 12.8 Å². The fraction of sp³-hybridized carbons (Fsp3) is 0.833. The first-order valence-corrected chi connectivity index (χ1v) is 2.61. The summed E-state index contributed by atoms with van der Waals surface area (Å²) in [5.74, 6) is 0.137. The van der Waals surface area contributed by atoms with Gasteiger partial charge < -0.3 is 0 Å². The van der Waals surface area contributed by atoms with Gasteiger partial charge in [-0.2, -0.15) is 0 Å². The summed E-state index contributed by atoms with van der Waals surface area (Å²) in [5, 5.41) is 0. The molecule has 0 aliphatic heterocycles. The maximum atomic E-state index is 12.2. The molecule has 0 saturated heterocycles. The molecule has 0 amide bonds. The van der Waals surface area contributed by atoms with Crippen molar-refractivity contribution in [2.24, 2.45) is 5.92 Å². The summed E-state index contributed by atoms with van der Waals surface area (Å²) in [6, 6.07) is 0. The van der Waals surface area contributed by atoms with E-state index in [1.807, 2.05) is 13.8 Å². The van der Waals surface area contributed by atoms with Gasteiger partial charge in [0.25, 0.3) is 0 Å². The predicted molar refractivity (Wildman–Crippen MR) is 29.7 cm³/mol. The molecule has 1 radical (unpaired) electrons. The van der Waals surface area contributed by atoms with Gasteiger partial charge in [-0.15, -0.1) is 0 Å². The first kappa shape index (κ1) is 6.93. The average Bonchev–Trinajstić information content (AvgIpc) is 1.65. The van der Waals surface area contributed by atoms with Gasteiger partial charge in [0.1, 0.15) is 6.17 Å². The molecule has 1 unspecified atom stereocenters. The Balaban J connectivity index is 3.14. The molecule has 0 aromatic rings. The van der Waals surface area contributed by atoms with Crippen molar-refractivity contribution in [1.29, 1.82) is 0 Å². The molecule has 0 heterocycles. The highest BCUT2D eigenvalue weighted by Gasteiger charge is 2.06. The molecule has 1 heteroatoms. The third-order valence-corrected chi connectivity index (χ3v) is 0.999. The Bertz CT molecular complexity index is 41.4. The van der Waals surface area contributed by atoms with Crippen molar-refractivity contribution in [3.05, 3.63) is 6.92 Å². The standard InChI is InChI=1S/C6H12F/c1-4-6(7)5(2)3/h5-6H,1,4H2,2-3H3. The van der Waals surface area contributed by atoms with Gasteiger partial charge in [0.2, 0.25) is 0 Å². The Morgan fingerprint density at radius 1 is 1.57 bits per heavy atom. The Hall–Kier alpha value is -0.0700. The number of alkyl halides is 1. The lowest BCUT2D eigenvalue weighted by molar-refractivity contribution is 0.257. The summed E-state index contributed by atoms with van der Waals surface area (Å²) >= 11 is 0. The zero-order chi connectivity index (χ0) is 5.86. The zero-order valence-corrected chi connectivity index (χ0v) is 4.95. The van der Waals surface area contributed by atoms with Gasteiger partial charge in [-0.05, 0) is 12.3 Å². The first-order chi connectivity index (χ1) is 3.18. The quantitative estimate of drug-likeness (QED) is 0.502. The van der Waals surface area contributed by atoms with Crippen LogP contribution in [0.3, 0.4) is 0 Å². The van der Waals surface area contributed by atoms with E-state index in [1.165, 1.54) is 0 Å². The van der Waals surface area contributed by atoms with Crippen molar-refractivity contribution in [2.75, 3.05) is 0 Å². The summed E-state index contributed by atoms with van der Waals surface area (Å²) in [4.78, 5) is 0. The monoisotopic (exact) mass is 103 g/mol. The molecule has 0 spiro atoms. The van der Waals surface area contributed by atoms with Crippen LogP contribution in [0.5, 0.6) is 0 Å². The summed E-state index contributed by atoms with van der Waals surface area (Å²) in [6.45, 7) is 7.15. The molecule has 43 valence electrons. The van der Waals surface area contributed by atoms with Crippen LogP contribution in [0.25, 0.3) is 0 Å². The Morgan fingerprint density at radius 2 is 2.00 bits per heavy atom. The number of hydrogen-bond donors (Lipinski definition) is 0. The van der Waals surface area contributed by atoms with Crippen molar-refractivity contribution < 1.29 is 4.39 Å². The molecule has 0 fully saturated rings. The van der Waals surface area contributed by atoms with Gasteiger partial charge in [-0.1, -0.05) is 20.8 Å². The van der Waals surface area contributed by atoms with Crippen molar-refractivity contribution in [3.63, 3.8) is 0 Å². The maximum absolute atomic E-state index is 12.2. The zero-order valence-electron chi connectivity index (χ0n) is 4.95. The lowest BCUT2D eigenvalue weighted by Crippen LogP contribution is -2.06. The minimum atomic E-state index is -0.708. The molecule has 0 N–H and O–H groups in total. The average molecular weight is 103 g/mol. The largest absolute Gasteiger partial charge is 0.247 e. The minimum Gasteiger partial charge on any atom is -0.247 e. The lowest BCUT2D eigenvalue weighted by atomic mass is 10.1. The van der Waals surface area contributed by atoms with Gasteiger partial charge in [0, 0.05) is 0 Å². The fourth-order valence-corrected chi connectivity index (χ4v) is 0.333. The predicted octanol–water partition coefficient (Wildman–Crippen LogP) is 2.20. The number of halogens is 1. The van der Waals surface area contributed by atoms with E-state index >= 15 is 0 Å². The van der Waals surface area contributed by atoms with Crippen LogP contribution in [-0.4, -0.2) is 6.17 Å². The summed E-state index contributed by atoms with van der Waals surface area (Å²) in [5.41, 5.74) is 0. The van der Waals surface area contributed by atoms with E-state index in [0.717, 1.165) is 0 Å². The molecule has 0 aliphatic carbocycles. The molecule has 0 bridgehead atoms. The highest BCUT2D eigenvalue weighted by Crippen LogP contribution is 2.07. The fourth-order valence-electron chi connectivity index (χ4n) is 0.333. The Morgan fingerprint density at radius 3 is 2.00 bits per heavy atom. The molecule has 0 rings (SSSR count). The molecule has 7 heavy (non-hydrogen) atoms. The Labute approximate surface area is 44.7 Å². The third kappa shape index (κ3) is 2.60. The van der Waals surface area contributed by atoms with E-state index in [0.29, 0.717) is 6.42 Å². The first-order valence-electron chi connectivity index (χ1n) is 2.61. The van der Waals surface area contributed by atoms with E-state index in [2.05, 4.69) is 6.92 Å². The molecule has 0 aromatic carbocycles. The molecule has 1 atom stereocenters. The van der Waals surface area contributed by atoms with E-state index in [-0.39, 0.29) is 5.92 Å². The van der Waals surface area contributed by atoms with Gasteiger partial charge in [-0.3, -0.25) is 0 Å². The van der Waals surface area contributed by atoms with Crippen molar-refractivity contribution >= 4 is 0 Å². The molecular formula is C6H12F. The van der Waals surface area contributed by atoms with Crippen molar-refractivity contribution in [3.8, 4) is 0 Å². The van der Waals surface area contributed by atoms with Crippen molar-refractivity contribution in [1.82, 2.24) is 0 Å². The number of rotatable bonds is 2. The van der Waals surface area contributed by atoms with Crippen LogP contribution < -0.4 is 0 Å². The van der Waals surface area contributed by atoms with Crippen LogP contribution in [0.4, 0.5) is 4.39 Å². The molecule has 0 aliphatic rings. The Kier molecular flexibility index (Phi) is 2.97.